The summed E-state index contributed by atoms with van der Waals surface area (Å²) < 4.78 is 0. The minimum Gasteiger partial charge on any atom is -0.358 e. The monoisotopic (exact) mass is 228 g/mol. The van der Waals surface area contributed by atoms with E-state index in [0.29, 0.717) is 17.9 Å². The number of thiocarbonyl (C=S) groups is 1. The second kappa shape index (κ2) is 6.05. The zero-order chi connectivity index (χ0) is 11.3. The number of rotatable bonds is 6. The molecule has 1 saturated heterocycles. The molecule has 1 heterocycles. The zero-order valence-corrected chi connectivity index (χ0v) is 10.3. The number of hydrogen-bond acceptors (Lipinski definition) is 2. The first-order valence-electron chi connectivity index (χ1n) is 5.66. The fraction of sp³-hybridized carbons (Fsp3) is 0.818. The molecule has 0 unspecified atom stereocenters. The number of nitrogens with one attached hydrogen (secondary N) is 2. The predicted molar refractivity (Wildman–Crippen MR) is 65.9 cm³/mol. The molecule has 0 amide bonds. The van der Waals surface area contributed by atoms with Gasteiger partial charge in [-0.25, -0.2) is 0 Å². The molecule has 0 bridgehead atoms. The van der Waals surface area contributed by atoms with Crippen LogP contribution in [0.4, 0.5) is 0 Å². The van der Waals surface area contributed by atoms with Crippen LogP contribution in [-0.2, 0) is 4.79 Å². The number of Topliss-reactive ketones (excluding diaryl/α,β-unsaturated/α-hetero) is 1. The van der Waals surface area contributed by atoms with Gasteiger partial charge in [0.2, 0.25) is 0 Å². The van der Waals surface area contributed by atoms with Crippen LogP contribution in [0.15, 0.2) is 0 Å². The minimum atomic E-state index is 0.296. The largest absolute Gasteiger partial charge is 0.358 e. The highest BCUT2D eigenvalue weighted by molar-refractivity contribution is 7.80. The highest BCUT2D eigenvalue weighted by atomic mass is 32.1. The Hall–Kier alpha value is -0.640. The molecule has 1 aliphatic rings. The van der Waals surface area contributed by atoms with Crippen LogP contribution < -0.4 is 10.6 Å². The molecule has 0 aromatic heterocycles. The van der Waals surface area contributed by atoms with Crippen LogP contribution in [-0.4, -0.2) is 23.0 Å². The summed E-state index contributed by atoms with van der Waals surface area (Å²) in [6.07, 6.45) is 5.18. The number of carbonyl (C=O) groups excluding carboxylic acids is 1. The van der Waals surface area contributed by atoms with E-state index in [4.69, 9.17) is 12.2 Å². The van der Waals surface area contributed by atoms with Crippen molar-refractivity contribution < 1.29 is 4.79 Å². The quantitative estimate of drug-likeness (QED) is 0.537. The minimum absolute atomic E-state index is 0.296. The number of hydrogen-bond donors (Lipinski definition) is 2. The molecule has 1 aliphatic heterocycles. The first-order chi connectivity index (χ1) is 7.09. The molecule has 0 aliphatic carbocycles. The van der Waals surface area contributed by atoms with E-state index in [9.17, 15) is 4.79 Å². The molecule has 1 fully saturated rings. The Balaban J connectivity index is 2.05. The van der Waals surface area contributed by atoms with Crippen LogP contribution in [0.3, 0.4) is 0 Å². The van der Waals surface area contributed by atoms with Crippen molar-refractivity contribution in [2.45, 2.75) is 58.0 Å². The van der Waals surface area contributed by atoms with Gasteiger partial charge in [-0.05, 0) is 38.9 Å². The molecule has 86 valence electrons. The van der Waals surface area contributed by atoms with Gasteiger partial charge in [0.25, 0.3) is 0 Å². The van der Waals surface area contributed by atoms with Gasteiger partial charge < -0.3 is 15.4 Å². The van der Waals surface area contributed by atoms with Crippen molar-refractivity contribution in [3.05, 3.63) is 0 Å². The summed E-state index contributed by atoms with van der Waals surface area (Å²) in [4.78, 5) is 10.7. The highest BCUT2D eigenvalue weighted by Gasteiger charge is 2.24. The fourth-order valence-electron chi connectivity index (χ4n) is 1.88. The molecule has 0 radical (unpaired) electrons. The van der Waals surface area contributed by atoms with Gasteiger partial charge in [-0.15, -0.1) is 0 Å². The maximum atomic E-state index is 10.7. The van der Waals surface area contributed by atoms with Crippen molar-refractivity contribution in [3.8, 4) is 0 Å². The van der Waals surface area contributed by atoms with E-state index in [1.165, 1.54) is 6.42 Å². The van der Waals surface area contributed by atoms with Crippen molar-refractivity contribution in [1.82, 2.24) is 10.6 Å². The van der Waals surface area contributed by atoms with Gasteiger partial charge in [-0.1, -0.05) is 12.8 Å². The van der Waals surface area contributed by atoms with Crippen molar-refractivity contribution in [2.24, 2.45) is 0 Å². The molecule has 0 saturated carbocycles. The smallest absolute Gasteiger partial charge is 0.166 e. The Bertz CT molecular complexity index is 243. The topological polar surface area (TPSA) is 41.1 Å². The molecule has 0 aromatic carbocycles. The lowest BCUT2D eigenvalue weighted by Crippen LogP contribution is -2.30. The van der Waals surface area contributed by atoms with Crippen molar-refractivity contribution >= 4 is 23.1 Å². The van der Waals surface area contributed by atoms with Crippen LogP contribution in [0.1, 0.15) is 46.0 Å². The zero-order valence-electron chi connectivity index (χ0n) is 9.51. The Morgan fingerprint density at radius 2 is 2.07 bits per heavy atom. The predicted octanol–water partition coefficient (Wildman–Crippen LogP) is 1.76. The number of unbranched alkanes of at least 4 members (excludes halogenated alkanes) is 2. The molecule has 1 rings (SSSR count). The van der Waals surface area contributed by atoms with Crippen molar-refractivity contribution in [1.29, 1.82) is 0 Å². The molecule has 0 aromatic rings. The van der Waals surface area contributed by atoms with Crippen LogP contribution in [0.2, 0.25) is 0 Å². The van der Waals surface area contributed by atoms with Gasteiger partial charge in [0, 0.05) is 18.5 Å². The molecular formula is C11H20N2OS. The van der Waals surface area contributed by atoms with E-state index in [-0.39, 0.29) is 0 Å². The normalized spacial score (nSPS) is 24.8. The third-order valence-corrected chi connectivity index (χ3v) is 3.06. The lowest BCUT2D eigenvalue weighted by atomic mass is 10.0. The molecule has 15 heavy (non-hydrogen) atoms. The van der Waals surface area contributed by atoms with E-state index in [2.05, 4.69) is 17.6 Å². The second-order valence-electron chi connectivity index (χ2n) is 4.31. The Morgan fingerprint density at radius 3 is 2.60 bits per heavy atom. The van der Waals surface area contributed by atoms with E-state index in [0.717, 1.165) is 30.8 Å². The summed E-state index contributed by atoms with van der Waals surface area (Å²) in [7, 11) is 0. The van der Waals surface area contributed by atoms with Crippen LogP contribution in [0.5, 0.6) is 0 Å². The number of carbonyl (C=O) groups is 1. The van der Waals surface area contributed by atoms with E-state index in [1.807, 2.05) is 0 Å². The fourth-order valence-corrected chi connectivity index (χ4v) is 2.22. The SMILES string of the molecule is CC(=O)CCCCC[C@H]1NC(=S)N[C@H]1C. The summed E-state index contributed by atoms with van der Waals surface area (Å²) in [5, 5.41) is 7.22. The van der Waals surface area contributed by atoms with E-state index in [1.54, 1.807) is 6.92 Å². The maximum absolute atomic E-state index is 10.7. The molecule has 2 atom stereocenters. The Morgan fingerprint density at radius 1 is 1.33 bits per heavy atom. The summed E-state index contributed by atoms with van der Waals surface area (Å²) in [5.41, 5.74) is 0. The Labute approximate surface area is 97.0 Å². The summed E-state index contributed by atoms with van der Waals surface area (Å²) >= 11 is 5.04. The van der Waals surface area contributed by atoms with Gasteiger partial charge in [0.05, 0.1) is 0 Å². The summed E-state index contributed by atoms with van der Waals surface area (Å²) in [6.45, 7) is 3.80. The first kappa shape index (κ1) is 12.4. The lowest BCUT2D eigenvalue weighted by Gasteiger charge is -2.13. The maximum Gasteiger partial charge on any atom is 0.166 e. The summed E-state index contributed by atoms with van der Waals surface area (Å²) in [6, 6.07) is 0.903. The van der Waals surface area contributed by atoms with Gasteiger partial charge in [0.15, 0.2) is 5.11 Å². The van der Waals surface area contributed by atoms with Crippen LogP contribution in [0, 0.1) is 0 Å². The summed E-state index contributed by atoms with van der Waals surface area (Å²) in [5.74, 6) is 0.296. The van der Waals surface area contributed by atoms with E-state index < -0.39 is 0 Å². The molecular weight excluding hydrogens is 208 g/mol. The van der Waals surface area contributed by atoms with Gasteiger partial charge in [0.1, 0.15) is 5.78 Å². The molecule has 0 spiro atoms. The third kappa shape index (κ3) is 4.60. The van der Waals surface area contributed by atoms with Crippen LogP contribution in [0.25, 0.3) is 0 Å². The average molecular weight is 228 g/mol. The molecule has 3 nitrogen and oxygen atoms in total. The van der Waals surface area contributed by atoms with Crippen molar-refractivity contribution in [2.75, 3.05) is 0 Å². The average Bonchev–Trinajstić information content (AvgIpc) is 2.44. The van der Waals surface area contributed by atoms with Crippen LogP contribution >= 0.6 is 12.2 Å². The number of ketones is 1. The van der Waals surface area contributed by atoms with Gasteiger partial charge in [-0.2, -0.15) is 0 Å². The second-order valence-corrected chi connectivity index (χ2v) is 4.72. The highest BCUT2D eigenvalue weighted by Crippen LogP contribution is 2.11. The van der Waals surface area contributed by atoms with Crippen molar-refractivity contribution in [3.63, 3.8) is 0 Å². The third-order valence-electron chi connectivity index (χ3n) is 2.82. The lowest BCUT2D eigenvalue weighted by molar-refractivity contribution is -0.117. The molecule has 4 heteroatoms. The Kier molecular flexibility index (Phi) is 5.02. The first-order valence-corrected chi connectivity index (χ1v) is 6.07. The standard InChI is InChI=1S/C11H20N2OS/c1-8(14)6-4-3-5-7-10-9(2)12-11(15)13-10/h9-10H,3-7H2,1-2H3,(H2,12,13,15)/t9-,10+/m0/s1. The van der Waals surface area contributed by atoms with Gasteiger partial charge >= 0.3 is 0 Å². The molecule has 2 N–H and O–H groups in total. The van der Waals surface area contributed by atoms with E-state index >= 15 is 0 Å². The van der Waals surface area contributed by atoms with Gasteiger partial charge in [-0.3, -0.25) is 0 Å².